The molecule has 4 rings (SSSR count). The lowest BCUT2D eigenvalue weighted by molar-refractivity contribution is -0.117. The van der Waals surface area contributed by atoms with Crippen LogP contribution < -0.4 is 9.64 Å². The Morgan fingerprint density at radius 3 is 2.25 bits per heavy atom. The third kappa shape index (κ3) is 4.14. The number of halogens is 1. The standard InChI is InChI=1S/C22H23ClN2O3/c23-17-5-9-19(10-6-17)28-20-11-14-24(15-12-20)22(27)16-3-7-18(8-4-16)25-13-1-2-21(25)26/h3-10,20H,1-2,11-15H2. The van der Waals surface area contributed by atoms with E-state index in [2.05, 4.69) is 0 Å². The second-order valence-corrected chi connectivity index (χ2v) is 7.70. The fourth-order valence-corrected chi connectivity index (χ4v) is 3.90. The van der Waals surface area contributed by atoms with Crippen molar-refractivity contribution in [2.24, 2.45) is 0 Å². The van der Waals surface area contributed by atoms with E-state index in [1.54, 1.807) is 4.90 Å². The van der Waals surface area contributed by atoms with Crippen LogP contribution in [0.5, 0.6) is 5.75 Å². The van der Waals surface area contributed by atoms with Crippen molar-refractivity contribution < 1.29 is 14.3 Å². The minimum Gasteiger partial charge on any atom is -0.490 e. The molecule has 0 N–H and O–H groups in total. The van der Waals surface area contributed by atoms with Crippen molar-refractivity contribution in [1.29, 1.82) is 0 Å². The number of benzene rings is 2. The smallest absolute Gasteiger partial charge is 0.253 e. The Hall–Kier alpha value is -2.53. The third-order valence-electron chi connectivity index (χ3n) is 5.34. The number of likely N-dealkylation sites (tertiary alicyclic amines) is 1. The predicted molar refractivity (Wildman–Crippen MR) is 109 cm³/mol. The molecular weight excluding hydrogens is 376 g/mol. The summed E-state index contributed by atoms with van der Waals surface area (Å²) in [5.74, 6) is 0.993. The molecule has 0 aromatic heterocycles. The number of hydrogen-bond donors (Lipinski definition) is 0. The minimum absolute atomic E-state index is 0.0317. The molecule has 0 unspecified atom stereocenters. The summed E-state index contributed by atoms with van der Waals surface area (Å²) in [6, 6.07) is 14.7. The van der Waals surface area contributed by atoms with Crippen LogP contribution in [0.25, 0.3) is 0 Å². The van der Waals surface area contributed by atoms with Crippen LogP contribution in [0.15, 0.2) is 48.5 Å². The second-order valence-electron chi connectivity index (χ2n) is 7.26. The Balaban J connectivity index is 1.32. The van der Waals surface area contributed by atoms with Gasteiger partial charge < -0.3 is 14.5 Å². The molecule has 2 amide bonds. The lowest BCUT2D eigenvalue weighted by atomic mass is 10.1. The van der Waals surface area contributed by atoms with Crippen LogP contribution in [-0.2, 0) is 4.79 Å². The summed E-state index contributed by atoms with van der Waals surface area (Å²) in [6.45, 7) is 2.10. The summed E-state index contributed by atoms with van der Waals surface area (Å²) in [4.78, 5) is 28.3. The fraction of sp³-hybridized carbons (Fsp3) is 0.364. The van der Waals surface area contributed by atoms with Gasteiger partial charge in [0.05, 0.1) is 0 Å². The van der Waals surface area contributed by atoms with Crippen LogP contribution in [0, 0.1) is 0 Å². The van der Waals surface area contributed by atoms with Gasteiger partial charge in [-0.25, -0.2) is 0 Å². The molecule has 2 fully saturated rings. The molecule has 28 heavy (non-hydrogen) atoms. The average molecular weight is 399 g/mol. The second kappa shape index (κ2) is 8.23. The number of carbonyl (C=O) groups is 2. The largest absolute Gasteiger partial charge is 0.490 e. The van der Waals surface area contributed by atoms with Gasteiger partial charge in [0.25, 0.3) is 5.91 Å². The summed E-state index contributed by atoms with van der Waals surface area (Å²) in [5.41, 5.74) is 1.53. The molecule has 0 bridgehead atoms. The summed E-state index contributed by atoms with van der Waals surface area (Å²) >= 11 is 5.90. The number of carbonyl (C=O) groups excluding carboxylic acids is 2. The van der Waals surface area contributed by atoms with E-state index in [4.69, 9.17) is 16.3 Å². The lowest BCUT2D eigenvalue weighted by Gasteiger charge is -2.32. The molecule has 5 nitrogen and oxygen atoms in total. The summed E-state index contributed by atoms with van der Waals surface area (Å²) < 4.78 is 5.99. The van der Waals surface area contributed by atoms with Gasteiger partial charge in [0.2, 0.25) is 5.91 Å². The first-order chi connectivity index (χ1) is 13.6. The van der Waals surface area contributed by atoms with Crippen molar-refractivity contribution in [1.82, 2.24) is 4.90 Å². The van der Waals surface area contributed by atoms with Gasteiger partial charge in [-0.05, 0) is 55.0 Å². The van der Waals surface area contributed by atoms with Crippen LogP contribution in [-0.4, -0.2) is 42.5 Å². The first-order valence-corrected chi connectivity index (χ1v) is 10.1. The van der Waals surface area contributed by atoms with E-state index in [0.29, 0.717) is 30.1 Å². The SMILES string of the molecule is O=C(c1ccc(N2CCCC2=O)cc1)N1CCC(Oc2ccc(Cl)cc2)CC1. The van der Waals surface area contributed by atoms with Crippen molar-refractivity contribution in [3.8, 4) is 5.75 Å². The van der Waals surface area contributed by atoms with Crippen LogP contribution >= 0.6 is 11.6 Å². The normalized spacial score (nSPS) is 17.8. The first-order valence-electron chi connectivity index (χ1n) is 9.72. The maximum Gasteiger partial charge on any atom is 0.253 e. The predicted octanol–water partition coefficient (Wildman–Crippen LogP) is 4.15. The molecule has 0 aliphatic carbocycles. The molecule has 2 aliphatic rings. The zero-order valence-corrected chi connectivity index (χ0v) is 16.4. The van der Waals surface area contributed by atoms with Crippen LogP contribution in [0.3, 0.4) is 0 Å². The molecule has 0 spiro atoms. The highest BCUT2D eigenvalue weighted by Crippen LogP contribution is 2.24. The quantitative estimate of drug-likeness (QED) is 0.777. The molecule has 2 heterocycles. The number of piperidine rings is 1. The molecule has 146 valence electrons. The van der Waals surface area contributed by atoms with Gasteiger partial charge >= 0.3 is 0 Å². The van der Waals surface area contributed by atoms with Gasteiger partial charge in [0.15, 0.2) is 0 Å². The van der Waals surface area contributed by atoms with Crippen LogP contribution in [0.4, 0.5) is 5.69 Å². The molecule has 0 radical (unpaired) electrons. The molecule has 6 heteroatoms. The number of rotatable bonds is 4. The van der Waals surface area contributed by atoms with E-state index in [-0.39, 0.29) is 17.9 Å². The summed E-state index contributed by atoms with van der Waals surface area (Å²) in [5, 5.41) is 0.688. The van der Waals surface area contributed by atoms with E-state index < -0.39 is 0 Å². The monoisotopic (exact) mass is 398 g/mol. The van der Waals surface area contributed by atoms with Gasteiger partial charge in [-0.2, -0.15) is 0 Å². The van der Waals surface area contributed by atoms with Gasteiger partial charge in [-0.15, -0.1) is 0 Å². The molecular formula is C22H23ClN2O3. The highest BCUT2D eigenvalue weighted by molar-refractivity contribution is 6.30. The van der Waals surface area contributed by atoms with Crippen molar-refractivity contribution in [2.75, 3.05) is 24.5 Å². The summed E-state index contributed by atoms with van der Waals surface area (Å²) in [7, 11) is 0. The topological polar surface area (TPSA) is 49.9 Å². The molecule has 0 atom stereocenters. The number of amides is 2. The Morgan fingerprint density at radius 1 is 0.964 bits per heavy atom. The fourth-order valence-electron chi connectivity index (χ4n) is 3.77. The Labute approximate surface area is 169 Å². The minimum atomic E-state index is 0.0317. The number of ether oxygens (including phenoxy) is 1. The number of nitrogens with zero attached hydrogens (tertiary/aromatic N) is 2. The van der Waals surface area contributed by atoms with Crippen molar-refractivity contribution in [3.63, 3.8) is 0 Å². The Morgan fingerprint density at radius 2 is 1.64 bits per heavy atom. The third-order valence-corrected chi connectivity index (χ3v) is 5.60. The highest BCUT2D eigenvalue weighted by Gasteiger charge is 2.26. The van der Waals surface area contributed by atoms with E-state index in [9.17, 15) is 9.59 Å². The van der Waals surface area contributed by atoms with Crippen LogP contribution in [0.2, 0.25) is 5.02 Å². The van der Waals surface area contributed by atoms with Crippen molar-refractivity contribution >= 4 is 29.1 Å². The number of hydrogen-bond acceptors (Lipinski definition) is 3. The van der Waals surface area contributed by atoms with E-state index >= 15 is 0 Å². The van der Waals surface area contributed by atoms with Gasteiger partial charge in [0.1, 0.15) is 11.9 Å². The molecule has 2 aromatic rings. The molecule has 2 saturated heterocycles. The molecule has 2 aliphatic heterocycles. The van der Waals surface area contributed by atoms with Gasteiger partial charge in [-0.3, -0.25) is 9.59 Å². The lowest BCUT2D eigenvalue weighted by Crippen LogP contribution is -2.41. The Bertz CT molecular complexity index is 843. The molecule has 2 aromatic carbocycles. The zero-order chi connectivity index (χ0) is 19.5. The summed E-state index contributed by atoms with van der Waals surface area (Å²) in [6.07, 6.45) is 3.21. The zero-order valence-electron chi connectivity index (χ0n) is 15.6. The van der Waals surface area contributed by atoms with Crippen molar-refractivity contribution in [3.05, 3.63) is 59.1 Å². The average Bonchev–Trinajstić information content (AvgIpc) is 3.16. The number of anilines is 1. The Kier molecular flexibility index (Phi) is 5.53. The van der Waals surface area contributed by atoms with E-state index in [0.717, 1.165) is 37.2 Å². The van der Waals surface area contributed by atoms with Gasteiger partial charge in [-0.1, -0.05) is 11.6 Å². The first kappa shape index (κ1) is 18.8. The maximum atomic E-state index is 12.8. The molecule has 0 saturated carbocycles. The van der Waals surface area contributed by atoms with Crippen LogP contribution in [0.1, 0.15) is 36.0 Å². The van der Waals surface area contributed by atoms with E-state index in [1.807, 2.05) is 53.4 Å². The van der Waals surface area contributed by atoms with Crippen molar-refractivity contribution in [2.45, 2.75) is 31.8 Å². The van der Waals surface area contributed by atoms with E-state index in [1.165, 1.54) is 0 Å². The maximum absolute atomic E-state index is 12.8. The van der Waals surface area contributed by atoms with Gasteiger partial charge in [0, 0.05) is 55.2 Å². The highest BCUT2D eigenvalue weighted by atomic mass is 35.5.